The smallest absolute Gasteiger partial charge is 0.207 e. The lowest BCUT2D eigenvalue weighted by atomic mass is 9.85. The van der Waals surface area contributed by atoms with Crippen LogP contribution in [0.4, 0.5) is 17.6 Å². The average Bonchev–Trinajstić information content (AvgIpc) is 2.36. The van der Waals surface area contributed by atoms with E-state index in [1.54, 1.807) is 0 Å². The van der Waals surface area contributed by atoms with Gasteiger partial charge in [-0.2, -0.15) is 13.2 Å². The van der Waals surface area contributed by atoms with Crippen LogP contribution in [0.1, 0.15) is 43.0 Å². The third-order valence-corrected chi connectivity index (χ3v) is 3.49. The summed E-state index contributed by atoms with van der Waals surface area (Å²) >= 11 is 0. The Bertz CT molecular complexity index is 664. The van der Waals surface area contributed by atoms with Crippen LogP contribution in [0.5, 0.6) is 0 Å². The maximum Gasteiger partial charge on any atom is 0.416 e. The van der Waals surface area contributed by atoms with Gasteiger partial charge in [-0.1, -0.05) is 45.0 Å². The van der Waals surface area contributed by atoms with Crippen LogP contribution in [0.3, 0.4) is 0 Å². The van der Waals surface area contributed by atoms with Crippen molar-refractivity contribution in [3.05, 3.63) is 70.5 Å². The van der Waals surface area contributed by atoms with Crippen LogP contribution < -0.4 is 0 Å². The Morgan fingerprint density at radius 1 is 0.818 bits per heavy atom. The molecule has 0 N–H and O–H groups in total. The summed E-state index contributed by atoms with van der Waals surface area (Å²) in [6.07, 6.45) is -4.27. The lowest BCUT2D eigenvalue weighted by molar-refractivity contribution is -0.137. The Morgan fingerprint density at radius 3 is 2.05 bits per heavy atom. The molecule has 0 heterocycles. The SMILES string of the molecule is CC(C)(C)c1cccc(Cc2cc(F)cc(C(F)(F)F)c2)c1. The minimum Gasteiger partial charge on any atom is -0.207 e. The molecule has 0 amide bonds. The normalized spacial score (nSPS) is 12.5. The zero-order chi connectivity index (χ0) is 16.5. The quantitative estimate of drug-likeness (QED) is 0.621. The molecule has 0 saturated carbocycles. The van der Waals surface area contributed by atoms with Gasteiger partial charge in [0.2, 0.25) is 0 Å². The number of halogens is 4. The van der Waals surface area contributed by atoms with E-state index in [2.05, 4.69) is 20.8 Å². The Morgan fingerprint density at radius 2 is 1.45 bits per heavy atom. The molecule has 2 rings (SSSR count). The third-order valence-electron chi connectivity index (χ3n) is 3.49. The summed E-state index contributed by atoms with van der Waals surface area (Å²) in [5, 5.41) is 0. The maximum absolute atomic E-state index is 13.4. The first-order valence-corrected chi connectivity index (χ1v) is 7.02. The molecule has 0 spiro atoms. The summed E-state index contributed by atoms with van der Waals surface area (Å²) in [7, 11) is 0. The van der Waals surface area contributed by atoms with Crippen molar-refractivity contribution in [2.45, 2.75) is 38.8 Å². The van der Waals surface area contributed by atoms with Gasteiger partial charge in [0.15, 0.2) is 0 Å². The van der Waals surface area contributed by atoms with Crippen LogP contribution in [0, 0.1) is 5.82 Å². The summed E-state index contributed by atoms with van der Waals surface area (Å²) in [5.41, 5.74) is 1.28. The van der Waals surface area contributed by atoms with Gasteiger partial charge in [-0.05, 0) is 46.7 Å². The Kier molecular flexibility index (Phi) is 4.32. The van der Waals surface area contributed by atoms with Crippen molar-refractivity contribution in [3.8, 4) is 0 Å². The molecule has 0 radical (unpaired) electrons. The topological polar surface area (TPSA) is 0 Å². The van der Waals surface area contributed by atoms with E-state index in [1.807, 2.05) is 24.3 Å². The summed E-state index contributed by atoms with van der Waals surface area (Å²) in [6, 6.07) is 10.3. The largest absolute Gasteiger partial charge is 0.416 e. The van der Waals surface area contributed by atoms with Gasteiger partial charge in [0.1, 0.15) is 5.82 Å². The van der Waals surface area contributed by atoms with Gasteiger partial charge >= 0.3 is 6.18 Å². The molecule has 0 aliphatic heterocycles. The Balaban J connectivity index is 2.34. The molecule has 0 saturated heterocycles. The number of hydrogen-bond donors (Lipinski definition) is 0. The van der Waals surface area contributed by atoms with Crippen molar-refractivity contribution in [3.63, 3.8) is 0 Å². The fourth-order valence-corrected chi connectivity index (χ4v) is 2.30. The third kappa shape index (κ3) is 4.09. The van der Waals surface area contributed by atoms with Crippen LogP contribution in [-0.4, -0.2) is 0 Å². The predicted octanol–water partition coefficient (Wildman–Crippen LogP) is 5.73. The zero-order valence-electron chi connectivity index (χ0n) is 12.8. The molecule has 2 aromatic carbocycles. The molecular formula is C18H18F4. The predicted molar refractivity (Wildman–Crippen MR) is 79.4 cm³/mol. The van der Waals surface area contributed by atoms with Crippen LogP contribution in [0.2, 0.25) is 0 Å². The highest BCUT2D eigenvalue weighted by Crippen LogP contribution is 2.31. The molecule has 2 aromatic rings. The number of alkyl halides is 3. The first kappa shape index (κ1) is 16.5. The number of hydrogen-bond acceptors (Lipinski definition) is 0. The second-order valence-corrected chi connectivity index (χ2v) is 6.47. The Hall–Kier alpha value is -1.84. The summed E-state index contributed by atoms with van der Waals surface area (Å²) in [5.74, 6) is -0.864. The fourth-order valence-electron chi connectivity index (χ4n) is 2.30. The second-order valence-electron chi connectivity index (χ2n) is 6.47. The van der Waals surface area contributed by atoms with E-state index < -0.39 is 17.6 Å². The molecule has 0 bridgehead atoms. The number of rotatable bonds is 2. The minimum atomic E-state index is -4.54. The molecule has 22 heavy (non-hydrogen) atoms. The van der Waals surface area contributed by atoms with Gasteiger partial charge in [0, 0.05) is 0 Å². The summed E-state index contributed by atoms with van der Waals surface area (Å²) < 4.78 is 51.7. The van der Waals surface area contributed by atoms with Crippen molar-refractivity contribution >= 4 is 0 Å². The molecule has 0 aromatic heterocycles. The van der Waals surface area contributed by atoms with Gasteiger partial charge in [-0.25, -0.2) is 4.39 Å². The minimum absolute atomic E-state index is 0.0465. The standard InChI is InChI=1S/C18H18F4/c1-17(2,3)14-6-4-5-12(8-14)7-13-9-15(18(20,21)22)11-16(19)10-13/h4-6,8-11H,7H2,1-3H3. The molecule has 0 aliphatic rings. The highest BCUT2D eigenvalue weighted by atomic mass is 19.4. The van der Waals surface area contributed by atoms with E-state index in [0.29, 0.717) is 11.6 Å². The van der Waals surface area contributed by atoms with Crippen molar-refractivity contribution in [1.82, 2.24) is 0 Å². The van der Waals surface area contributed by atoms with Crippen LogP contribution in [0.15, 0.2) is 42.5 Å². The lowest BCUT2D eigenvalue weighted by Crippen LogP contribution is -2.11. The van der Waals surface area contributed by atoms with Crippen molar-refractivity contribution in [2.24, 2.45) is 0 Å². The van der Waals surface area contributed by atoms with Crippen LogP contribution in [-0.2, 0) is 18.0 Å². The van der Waals surface area contributed by atoms with Crippen molar-refractivity contribution in [2.75, 3.05) is 0 Å². The second kappa shape index (κ2) is 5.75. The van der Waals surface area contributed by atoms with Gasteiger partial charge in [0.25, 0.3) is 0 Å². The highest BCUT2D eigenvalue weighted by molar-refractivity contribution is 5.35. The van der Waals surface area contributed by atoms with E-state index in [-0.39, 0.29) is 11.8 Å². The first-order chi connectivity index (χ1) is 10.1. The first-order valence-electron chi connectivity index (χ1n) is 7.02. The van der Waals surface area contributed by atoms with E-state index in [1.165, 1.54) is 0 Å². The molecule has 0 atom stereocenters. The van der Waals surface area contributed by atoms with Crippen molar-refractivity contribution in [1.29, 1.82) is 0 Å². The molecular weight excluding hydrogens is 292 g/mol. The van der Waals surface area contributed by atoms with Crippen molar-refractivity contribution < 1.29 is 17.6 Å². The average molecular weight is 310 g/mol. The molecule has 118 valence electrons. The van der Waals surface area contributed by atoms with Gasteiger partial charge in [-0.15, -0.1) is 0 Å². The molecule has 0 nitrogen and oxygen atoms in total. The fraction of sp³-hybridized carbons (Fsp3) is 0.333. The van der Waals surface area contributed by atoms with E-state index >= 15 is 0 Å². The van der Waals surface area contributed by atoms with Crippen LogP contribution >= 0.6 is 0 Å². The zero-order valence-corrected chi connectivity index (χ0v) is 12.8. The monoisotopic (exact) mass is 310 g/mol. The van der Waals surface area contributed by atoms with E-state index in [4.69, 9.17) is 0 Å². The number of benzene rings is 2. The van der Waals surface area contributed by atoms with Gasteiger partial charge in [0.05, 0.1) is 5.56 Å². The van der Waals surface area contributed by atoms with Crippen LogP contribution in [0.25, 0.3) is 0 Å². The maximum atomic E-state index is 13.4. The molecule has 0 fully saturated rings. The molecule has 0 unspecified atom stereocenters. The van der Waals surface area contributed by atoms with Gasteiger partial charge in [-0.3, -0.25) is 0 Å². The summed E-state index contributed by atoms with van der Waals surface area (Å²) in [4.78, 5) is 0. The van der Waals surface area contributed by atoms with E-state index in [0.717, 1.165) is 23.3 Å². The molecule has 0 aliphatic carbocycles. The summed E-state index contributed by atoms with van der Waals surface area (Å²) in [6.45, 7) is 6.20. The highest BCUT2D eigenvalue weighted by Gasteiger charge is 2.31. The van der Waals surface area contributed by atoms with E-state index in [9.17, 15) is 17.6 Å². The lowest BCUT2D eigenvalue weighted by Gasteiger charge is -2.20. The molecule has 4 heteroatoms. The Labute approximate surface area is 127 Å². The van der Waals surface area contributed by atoms with Gasteiger partial charge < -0.3 is 0 Å².